The van der Waals surface area contributed by atoms with E-state index in [1.54, 1.807) is 0 Å². The van der Waals surface area contributed by atoms with Gasteiger partial charge in [0.15, 0.2) is 0 Å². The number of hydrogen-bond donors (Lipinski definition) is 2. The van der Waals surface area contributed by atoms with Crippen LogP contribution < -0.4 is 11.1 Å². The van der Waals surface area contributed by atoms with Gasteiger partial charge in [0.25, 0.3) is 0 Å². The number of hydrogen-bond acceptors (Lipinski definition) is 4. The average molecular weight is 315 g/mol. The van der Waals surface area contributed by atoms with E-state index in [9.17, 15) is 4.79 Å². The maximum absolute atomic E-state index is 12.2. The Bertz CT molecular complexity index is 674. The van der Waals surface area contributed by atoms with Gasteiger partial charge in [0.05, 0.1) is 6.61 Å². The first kappa shape index (κ1) is 16.0. The third-order valence-electron chi connectivity index (χ3n) is 4.64. The van der Waals surface area contributed by atoms with E-state index in [4.69, 9.17) is 10.5 Å². The summed E-state index contributed by atoms with van der Waals surface area (Å²) < 4.78 is 7.50. The van der Waals surface area contributed by atoms with Gasteiger partial charge in [-0.15, -0.1) is 0 Å². The van der Waals surface area contributed by atoms with Crippen molar-refractivity contribution in [3.8, 4) is 0 Å². The Kier molecular flexibility index (Phi) is 4.98. The fourth-order valence-electron chi connectivity index (χ4n) is 3.26. The molecule has 3 N–H and O–H groups in total. The molecule has 1 fully saturated rings. The fraction of sp³-hybridized carbons (Fsp3) is 0.500. The van der Waals surface area contributed by atoms with Crippen LogP contribution in [0.15, 0.2) is 30.5 Å². The second kappa shape index (κ2) is 7.15. The van der Waals surface area contributed by atoms with Crippen molar-refractivity contribution >= 4 is 16.9 Å². The molecule has 124 valence electrons. The predicted molar refractivity (Wildman–Crippen MR) is 91.2 cm³/mol. The molecule has 0 aliphatic carbocycles. The van der Waals surface area contributed by atoms with Crippen LogP contribution in [-0.4, -0.2) is 36.3 Å². The van der Waals surface area contributed by atoms with Gasteiger partial charge >= 0.3 is 5.97 Å². The molecular formula is C18H25N3O2. The van der Waals surface area contributed by atoms with Crippen LogP contribution in [0.2, 0.25) is 0 Å². The molecule has 5 nitrogen and oxygen atoms in total. The number of nitrogens with one attached hydrogen (secondary N) is 1. The molecule has 1 aliphatic rings. The van der Waals surface area contributed by atoms with Crippen molar-refractivity contribution in [3.63, 3.8) is 0 Å². The first-order valence-electron chi connectivity index (χ1n) is 8.31. The Balaban J connectivity index is 1.59. The van der Waals surface area contributed by atoms with Gasteiger partial charge < -0.3 is 20.4 Å². The van der Waals surface area contributed by atoms with E-state index < -0.39 is 6.04 Å². The van der Waals surface area contributed by atoms with Crippen molar-refractivity contribution in [1.82, 2.24) is 9.88 Å². The molecule has 1 aliphatic heterocycles. The van der Waals surface area contributed by atoms with E-state index in [-0.39, 0.29) is 5.97 Å². The molecule has 0 amide bonds. The first-order valence-corrected chi connectivity index (χ1v) is 8.31. The van der Waals surface area contributed by atoms with Crippen LogP contribution in [0.25, 0.3) is 10.9 Å². The third-order valence-corrected chi connectivity index (χ3v) is 4.64. The molecule has 2 aromatic rings. The van der Waals surface area contributed by atoms with E-state index in [0.717, 1.165) is 42.4 Å². The number of fused-ring (bicyclic) bond motifs is 1. The monoisotopic (exact) mass is 315 g/mol. The van der Waals surface area contributed by atoms with Crippen LogP contribution in [-0.2, 0) is 23.0 Å². The average Bonchev–Trinajstić information content (AvgIpc) is 2.90. The van der Waals surface area contributed by atoms with Crippen molar-refractivity contribution in [3.05, 3.63) is 36.0 Å². The normalized spacial score (nSPS) is 17.3. The van der Waals surface area contributed by atoms with Gasteiger partial charge in [0.1, 0.15) is 6.04 Å². The zero-order valence-electron chi connectivity index (χ0n) is 13.6. The Morgan fingerprint density at radius 2 is 2.13 bits per heavy atom. The highest BCUT2D eigenvalue weighted by molar-refractivity contribution is 5.85. The predicted octanol–water partition coefficient (Wildman–Crippen LogP) is 1.59. The SMILES string of the molecule is Cn1cc(C[C@@H](N)C(=O)OCC2CCNCC2)c2ccccc21. The van der Waals surface area contributed by atoms with Gasteiger partial charge in [-0.25, -0.2) is 0 Å². The summed E-state index contributed by atoms with van der Waals surface area (Å²) in [6, 6.07) is 7.55. The summed E-state index contributed by atoms with van der Waals surface area (Å²) >= 11 is 0. The second-order valence-electron chi connectivity index (χ2n) is 6.42. The highest BCUT2D eigenvalue weighted by Gasteiger charge is 2.21. The fourth-order valence-corrected chi connectivity index (χ4v) is 3.26. The Hall–Kier alpha value is -1.85. The minimum atomic E-state index is -0.609. The molecule has 1 aromatic carbocycles. The maximum Gasteiger partial charge on any atom is 0.323 e. The molecule has 3 rings (SSSR count). The lowest BCUT2D eigenvalue weighted by atomic mass is 9.99. The number of para-hydroxylation sites is 1. The smallest absolute Gasteiger partial charge is 0.323 e. The standard InChI is InChI=1S/C18H25N3O2/c1-21-11-14(15-4-2-3-5-17(15)21)10-16(19)18(22)23-12-13-6-8-20-9-7-13/h2-5,11,13,16,20H,6-10,12,19H2,1H3/t16-/m1/s1. The zero-order chi connectivity index (χ0) is 16.2. The van der Waals surface area contributed by atoms with E-state index >= 15 is 0 Å². The number of aryl methyl sites for hydroxylation is 1. The van der Waals surface area contributed by atoms with Crippen molar-refractivity contribution in [2.45, 2.75) is 25.3 Å². The lowest BCUT2D eigenvalue weighted by molar-refractivity contribution is -0.146. The zero-order valence-corrected chi connectivity index (χ0v) is 13.6. The number of esters is 1. The summed E-state index contributed by atoms with van der Waals surface area (Å²) in [5.74, 6) is 0.168. The van der Waals surface area contributed by atoms with Gasteiger partial charge in [-0.05, 0) is 43.5 Å². The molecule has 0 radical (unpaired) electrons. The van der Waals surface area contributed by atoms with Gasteiger partial charge in [-0.3, -0.25) is 4.79 Å². The highest BCUT2D eigenvalue weighted by atomic mass is 16.5. The minimum absolute atomic E-state index is 0.295. The summed E-state index contributed by atoms with van der Waals surface area (Å²) in [6.07, 6.45) is 4.68. The summed E-state index contributed by atoms with van der Waals surface area (Å²) in [6.45, 7) is 2.50. The quantitative estimate of drug-likeness (QED) is 0.822. The van der Waals surface area contributed by atoms with Crippen LogP contribution in [0, 0.1) is 5.92 Å². The summed E-state index contributed by atoms with van der Waals surface area (Å²) in [5.41, 5.74) is 8.31. The number of aromatic nitrogens is 1. The molecule has 0 saturated carbocycles. The number of carbonyl (C=O) groups is 1. The highest BCUT2D eigenvalue weighted by Crippen LogP contribution is 2.21. The number of benzene rings is 1. The Morgan fingerprint density at radius 3 is 2.91 bits per heavy atom. The van der Waals surface area contributed by atoms with Gasteiger partial charge in [0, 0.05) is 30.6 Å². The Morgan fingerprint density at radius 1 is 1.39 bits per heavy atom. The summed E-state index contributed by atoms with van der Waals surface area (Å²) in [5, 5.41) is 4.46. The molecule has 2 heterocycles. The number of rotatable bonds is 5. The van der Waals surface area contributed by atoms with Crippen LogP contribution in [0.4, 0.5) is 0 Å². The van der Waals surface area contributed by atoms with Gasteiger partial charge in [0.2, 0.25) is 0 Å². The molecule has 0 spiro atoms. The Labute approximate surface area is 136 Å². The first-order chi connectivity index (χ1) is 11.1. The molecule has 0 unspecified atom stereocenters. The van der Waals surface area contributed by atoms with Crippen LogP contribution >= 0.6 is 0 Å². The summed E-state index contributed by atoms with van der Waals surface area (Å²) in [7, 11) is 2.01. The molecular weight excluding hydrogens is 290 g/mol. The molecule has 0 bridgehead atoms. The maximum atomic E-state index is 12.2. The largest absolute Gasteiger partial charge is 0.464 e. The van der Waals surface area contributed by atoms with E-state index in [1.807, 2.05) is 25.4 Å². The van der Waals surface area contributed by atoms with Crippen molar-refractivity contribution in [2.75, 3.05) is 19.7 Å². The molecule has 23 heavy (non-hydrogen) atoms. The van der Waals surface area contributed by atoms with Crippen LogP contribution in [0.5, 0.6) is 0 Å². The van der Waals surface area contributed by atoms with Crippen molar-refractivity contribution in [2.24, 2.45) is 18.7 Å². The van der Waals surface area contributed by atoms with Crippen molar-refractivity contribution in [1.29, 1.82) is 0 Å². The molecule has 5 heteroatoms. The van der Waals surface area contributed by atoms with E-state index in [2.05, 4.69) is 22.0 Å². The van der Waals surface area contributed by atoms with Crippen LogP contribution in [0.1, 0.15) is 18.4 Å². The molecule has 1 saturated heterocycles. The number of nitrogens with two attached hydrogens (primary N) is 1. The molecule has 1 atom stereocenters. The number of nitrogens with zero attached hydrogens (tertiary/aromatic N) is 1. The van der Waals surface area contributed by atoms with E-state index in [0.29, 0.717) is 18.9 Å². The minimum Gasteiger partial charge on any atom is -0.464 e. The van der Waals surface area contributed by atoms with E-state index in [1.165, 1.54) is 0 Å². The number of piperidine rings is 1. The summed E-state index contributed by atoms with van der Waals surface area (Å²) in [4.78, 5) is 12.2. The van der Waals surface area contributed by atoms with Gasteiger partial charge in [-0.1, -0.05) is 18.2 Å². The van der Waals surface area contributed by atoms with Gasteiger partial charge in [-0.2, -0.15) is 0 Å². The third kappa shape index (κ3) is 3.74. The second-order valence-corrected chi connectivity index (χ2v) is 6.42. The topological polar surface area (TPSA) is 69.3 Å². The molecule has 1 aromatic heterocycles. The number of ether oxygens (including phenoxy) is 1. The van der Waals surface area contributed by atoms with Crippen LogP contribution in [0.3, 0.4) is 0 Å². The lowest BCUT2D eigenvalue weighted by Crippen LogP contribution is -2.36. The van der Waals surface area contributed by atoms with Crippen molar-refractivity contribution < 1.29 is 9.53 Å². The lowest BCUT2D eigenvalue weighted by Gasteiger charge is -2.22. The number of carbonyl (C=O) groups excluding carboxylic acids is 1.